The van der Waals surface area contributed by atoms with Gasteiger partial charge in [-0.25, -0.2) is 13.1 Å². The van der Waals surface area contributed by atoms with E-state index in [1.165, 1.54) is 38.5 Å². The van der Waals surface area contributed by atoms with E-state index in [2.05, 4.69) is 20.3 Å². The number of rotatable bonds is 10. The molecule has 1 aromatic rings. The summed E-state index contributed by atoms with van der Waals surface area (Å²) in [5.74, 6) is 0.718. The van der Waals surface area contributed by atoms with Crippen molar-refractivity contribution < 1.29 is 13.2 Å². The zero-order valence-electron chi connectivity index (χ0n) is 18.6. The van der Waals surface area contributed by atoms with Crippen LogP contribution >= 0.6 is 0 Å². The highest BCUT2D eigenvalue weighted by Crippen LogP contribution is 2.19. The minimum atomic E-state index is -3.31. The summed E-state index contributed by atoms with van der Waals surface area (Å²) in [4.78, 5) is 4.25. The summed E-state index contributed by atoms with van der Waals surface area (Å²) >= 11 is 0. The van der Waals surface area contributed by atoms with Crippen LogP contribution in [0.1, 0.15) is 63.5 Å². The predicted molar refractivity (Wildman–Crippen MR) is 123 cm³/mol. The van der Waals surface area contributed by atoms with Gasteiger partial charge >= 0.3 is 0 Å². The molecule has 1 saturated carbocycles. The van der Waals surface area contributed by atoms with Crippen LogP contribution in [0.15, 0.2) is 29.3 Å². The molecule has 8 heteroatoms. The summed E-state index contributed by atoms with van der Waals surface area (Å²) in [7, 11) is -1.56. The molecule has 0 spiro atoms. The Kier molecular flexibility index (Phi) is 10.6. The molecule has 30 heavy (non-hydrogen) atoms. The largest absolute Gasteiger partial charge is 0.376 e. The molecule has 0 atom stereocenters. The van der Waals surface area contributed by atoms with Gasteiger partial charge in [0.05, 0.1) is 18.5 Å². The molecular formula is C22H38N4O3S. The van der Waals surface area contributed by atoms with Gasteiger partial charge in [-0.15, -0.1) is 0 Å². The highest BCUT2D eigenvalue weighted by atomic mass is 32.2. The van der Waals surface area contributed by atoms with Gasteiger partial charge in [0.25, 0.3) is 0 Å². The van der Waals surface area contributed by atoms with Crippen LogP contribution in [-0.4, -0.2) is 46.7 Å². The van der Waals surface area contributed by atoms with Crippen LogP contribution < -0.4 is 15.4 Å². The smallest absolute Gasteiger partial charge is 0.216 e. The molecule has 1 aliphatic rings. The zero-order chi connectivity index (χ0) is 21.8. The van der Waals surface area contributed by atoms with E-state index in [9.17, 15) is 8.42 Å². The molecule has 0 heterocycles. The number of hydrogen-bond donors (Lipinski definition) is 3. The van der Waals surface area contributed by atoms with Gasteiger partial charge in [-0.1, -0.05) is 49.9 Å². The lowest BCUT2D eigenvalue weighted by molar-refractivity contribution is 0.0468. The van der Waals surface area contributed by atoms with Crippen LogP contribution in [0.25, 0.3) is 0 Å². The number of nitrogens with zero attached hydrogens (tertiary/aromatic N) is 1. The average Bonchev–Trinajstić information content (AvgIpc) is 2.96. The highest BCUT2D eigenvalue weighted by molar-refractivity contribution is 7.88. The van der Waals surface area contributed by atoms with Gasteiger partial charge in [0.2, 0.25) is 10.0 Å². The predicted octanol–water partition coefficient (Wildman–Crippen LogP) is 2.92. The van der Waals surface area contributed by atoms with Crippen molar-refractivity contribution in [1.29, 1.82) is 0 Å². The molecule has 0 saturated heterocycles. The fourth-order valence-corrected chi connectivity index (χ4v) is 5.02. The first-order valence-electron chi connectivity index (χ1n) is 11.0. The Morgan fingerprint density at radius 3 is 2.30 bits per heavy atom. The first kappa shape index (κ1) is 24.6. The monoisotopic (exact) mass is 438 g/mol. The van der Waals surface area contributed by atoms with E-state index in [0.29, 0.717) is 19.3 Å². The standard InChI is InChI=1S/C22H38N4O3S/c1-18(2)26-30(27,28)17-20-12-10-19(11-13-20)16-25-22(23-3)24-14-15-29-21-8-6-4-5-7-9-21/h10-13,18,21,26H,4-9,14-17H2,1-3H3,(H2,23,24,25). The minimum Gasteiger partial charge on any atom is -0.376 e. The van der Waals surface area contributed by atoms with Crippen LogP contribution in [0.5, 0.6) is 0 Å². The molecule has 1 fully saturated rings. The van der Waals surface area contributed by atoms with Gasteiger partial charge in [-0.05, 0) is 37.8 Å². The van der Waals surface area contributed by atoms with Crippen molar-refractivity contribution in [3.8, 4) is 0 Å². The topological polar surface area (TPSA) is 91.8 Å². The molecule has 0 bridgehead atoms. The summed E-state index contributed by atoms with van der Waals surface area (Å²) in [6.45, 7) is 5.64. The quantitative estimate of drug-likeness (QED) is 0.226. The molecule has 170 valence electrons. The number of nitrogens with one attached hydrogen (secondary N) is 3. The van der Waals surface area contributed by atoms with Gasteiger partial charge in [-0.3, -0.25) is 4.99 Å². The van der Waals surface area contributed by atoms with Gasteiger partial charge in [0.1, 0.15) is 0 Å². The van der Waals surface area contributed by atoms with E-state index < -0.39 is 10.0 Å². The third-order valence-electron chi connectivity index (χ3n) is 5.03. The first-order chi connectivity index (χ1) is 14.4. The molecule has 1 aromatic carbocycles. The maximum Gasteiger partial charge on any atom is 0.216 e. The molecular weight excluding hydrogens is 400 g/mol. The normalized spacial score (nSPS) is 16.5. The fourth-order valence-electron chi connectivity index (χ4n) is 3.58. The van der Waals surface area contributed by atoms with E-state index in [1.807, 2.05) is 38.1 Å². The third kappa shape index (κ3) is 9.91. The van der Waals surface area contributed by atoms with Crippen molar-refractivity contribution in [3.05, 3.63) is 35.4 Å². The van der Waals surface area contributed by atoms with Crippen molar-refractivity contribution in [2.75, 3.05) is 20.2 Å². The molecule has 3 N–H and O–H groups in total. The van der Waals surface area contributed by atoms with Crippen molar-refractivity contribution in [2.45, 2.75) is 76.8 Å². The Balaban J connectivity index is 1.70. The van der Waals surface area contributed by atoms with Crippen LogP contribution in [0.4, 0.5) is 0 Å². The fraction of sp³-hybridized carbons (Fsp3) is 0.682. The number of guanidine groups is 1. The summed E-state index contributed by atoms with van der Waals surface area (Å²) in [5, 5.41) is 6.56. The second kappa shape index (κ2) is 12.9. The summed E-state index contributed by atoms with van der Waals surface area (Å²) in [5.41, 5.74) is 1.83. The van der Waals surface area contributed by atoms with E-state index in [1.54, 1.807) is 7.05 Å². The molecule has 7 nitrogen and oxygen atoms in total. The molecule has 0 radical (unpaired) electrons. The van der Waals surface area contributed by atoms with Crippen LogP contribution in [0.3, 0.4) is 0 Å². The van der Waals surface area contributed by atoms with Gasteiger partial charge < -0.3 is 15.4 Å². The molecule has 0 aliphatic heterocycles. The molecule has 0 unspecified atom stereocenters. The first-order valence-corrected chi connectivity index (χ1v) is 12.7. The highest BCUT2D eigenvalue weighted by Gasteiger charge is 2.13. The lowest BCUT2D eigenvalue weighted by atomic mass is 10.1. The molecule has 2 rings (SSSR count). The van der Waals surface area contributed by atoms with Crippen LogP contribution in [0, 0.1) is 0 Å². The lowest BCUT2D eigenvalue weighted by Crippen LogP contribution is -2.38. The number of sulfonamides is 1. The number of ether oxygens (including phenoxy) is 1. The summed E-state index contributed by atoms with van der Waals surface area (Å²) in [6, 6.07) is 7.49. The summed E-state index contributed by atoms with van der Waals surface area (Å²) < 4.78 is 32.7. The lowest BCUT2D eigenvalue weighted by Gasteiger charge is -2.17. The van der Waals surface area contributed by atoms with Crippen molar-refractivity contribution >= 4 is 16.0 Å². The van der Waals surface area contributed by atoms with Gasteiger partial charge in [0, 0.05) is 26.2 Å². The van der Waals surface area contributed by atoms with Crippen molar-refractivity contribution in [1.82, 2.24) is 15.4 Å². The Labute approximate surface area is 182 Å². The maximum absolute atomic E-state index is 12.0. The average molecular weight is 439 g/mol. The third-order valence-corrected chi connectivity index (χ3v) is 6.57. The minimum absolute atomic E-state index is 0.0108. The molecule has 0 aromatic heterocycles. The van der Waals surface area contributed by atoms with E-state index in [-0.39, 0.29) is 11.8 Å². The molecule has 1 aliphatic carbocycles. The second-order valence-corrected chi connectivity index (χ2v) is 9.94. The molecule has 0 amide bonds. The zero-order valence-corrected chi connectivity index (χ0v) is 19.4. The Bertz CT molecular complexity index is 740. The number of aliphatic imine (C=N–C) groups is 1. The Hall–Kier alpha value is -1.64. The summed E-state index contributed by atoms with van der Waals surface area (Å²) in [6.07, 6.45) is 7.99. The van der Waals surface area contributed by atoms with Gasteiger partial charge in [-0.2, -0.15) is 0 Å². The van der Waals surface area contributed by atoms with Crippen LogP contribution in [-0.2, 0) is 27.1 Å². The van der Waals surface area contributed by atoms with Crippen molar-refractivity contribution in [3.63, 3.8) is 0 Å². The van der Waals surface area contributed by atoms with E-state index in [0.717, 1.165) is 23.6 Å². The van der Waals surface area contributed by atoms with Crippen LogP contribution in [0.2, 0.25) is 0 Å². The van der Waals surface area contributed by atoms with E-state index >= 15 is 0 Å². The van der Waals surface area contributed by atoms with Gasteiger partial charge in [0.15, 0.2) is 5.96 Å². The van der Waals surface area contributed by atoms with E-state index in [4.69, 9.17) is 4.74 Å². The number of hydrogen-bond acceptors (Lipinski definition) is 4. The maximum atomic E-state index is 12.0. The Morgan fingerprint density at radius 1 is 1.07 bits per heavy atom. The SMILES string of the molecule is CN=C(NCCOC1CCCCCC1)NCc1ccc(CS(=O)(=O)NC(C)C)cc1. The van der Waals surface area contributed by atoms with Crippen molar-refractivity contribution in [2.24, 2.45) is 4.99 Å². The Morgan fingerprint density at radius 2 is 1.70 bits per heavy atom. The second-order valence-electron chi connectivity index (χ2n) is 8.19. The number of benzene rings is 1.